The fraction of sp³-hybridized carbons (Fsp3) is 0.692. The molecule has 2 unspecified atom stereocenters. The average molecular weight is 655 g/mol. The molecule has 3 fully saturated rings. The molecule has 0 spiro atoms. The highest BCUT2D eigenvalue weighted by atomic mass is 16.8. The van der Waals surface area contributed by atoms with E-state index in [0.717, 1.165) is 57.1 Å². The third-order valence-electron chi connectivity index (χ3n) is 9.41. The number of carbonyl (C=O) groups excluding carboxylic acids is 1. The summed E-state index contributed by atoms with van der Waals surface area (Å²) in [6.45, 7) is 4.03. The van der Waals surface area contributed by atoms with Gasteiger partial charge in [0, 0.05) is 19.6 Å². The lowest BCUT2D eigenvalue weighted by atomic mass is 9.91. The van der Waals surface area contributed by atoms with Crippen LogP contribution in [0.4, 0.5) is 0 Å². The van der Waals surface area contributed by atoms with E-state index in [9.17, 15) is 9.90 Å². The Morgan fingerprint density at radius 2 is 1.77 bits per heavy atom. The molecule has 0 amide bonds. The third kappa shape index (κ3) is 12.5. The summed E-state index contributed by atoms with van der Waals surface area (Å²) in [4.78, 5) is 13.1. The fourth-order valence-electron chi connectivity index (χ4n) is 6.68. The van der Waals surface area contributed by atoms with Gasteiger partial charge in [-0.05, 0) is 119 Å². The number of rotatable bonds is 19. The summed E-state index contributed by atoms with van der Waals surface area (Å²) < 4.78 is 35.2. The Hall–Kier alpha value is -2.45. The first-order chi connectivity index (χ1) is 23.0. The van der Waals surface area contributed by atoms with Crippen molar-refractivity contribution in [2.24, 2.45) is 11.8 Å². The lowest BCUT2D eigenvalue weighted by Crippen LogP contribution is -2.51. The molecular formula is C39H58O8. The summed E-state index contributed by atoms with van der Waals surface area (Å²) in [5, 5.41) is 10.7. The molecule has 1 N–H and O–H groups in total. The van der Waals surface area contributed by atoms with E-state index in [-0.39, 0.29) is 18.4 Å². The smallest absolute Gasteiger partial charge is 0.367 e. The van der Waals surface area contributed by atoms with Gasteiger partial charge in [-0.3, -0.25) is 0 Å². The molecule has 3 aliphatic rings. The highest BCUT2D eigenvalue weighted by Crippen LogP contribution is 2.36. The predicted molar refractivity (Wildman–Crippen MR) is 182 cm³/mol. The molecule has 262 valence electrons. The van der Waals surface area contributed by atoms with Crippen LogP contribution in [0.5, 0.6) is 5.75 Å². The Bertz CT molecular complexity index is 1110. The van der Waals surface area contributed by atoms with Gasteiger partial charge in [0.05, 0.1) is 19.8 Å². The zero-order chi connectivity index (χ0) is 33.2. The van der Waals surface area contributed by atoms with E-state index in [2.05, 4.69) is 43.0 Å². The van der Waals surface area contributed by atoms with Crippen molar-refractivity contribution in [1.29, 1.82) is 0 Å². The predicted octanol–water partition coefficient (Wildman–Crippen LogP) is 7.97. The summed E-state index contributed by atoms with van der Waals surface area (Å²) in [5.41, 5.74) is 4.56. The van der Waals surface area contributed by atoms with Crippen molar-refractivity contribution in [2.75, 3.05) is 26.9 Å². The number of unbranched alkanes of at least 4 members (excludes halogenated alkanes) is 3. The molecule has 0 aromatic heterocycles. The normalized spacial score (nSPS) is 26.0. The van der Waals surface area contributed by atoms with E-state index in [1.807, 2.05) is 12.1 Å². The van der Waals surface area contributed by atoms with Crippen LogP contribution in [0.1, 0.15) is 109 Å². The number of hydrogen-bond donors (Lipinski definition) is 1. The monoisotopic (exact) mass is 654 g/mol. The lowest BCUT2D eigenvalue weighted by molar-refractivity contribution is -0.350. The second-order valence-corrected chi connectivity index (χ2v) is 13.1. The van der Waals surface area contributed by atoms with Gasteiger partial charge in [0.15, 0.2) is 12.6 Å². The minimum Gasteiger partial charge on any atom is -0.493 e. The third-order valence-corrected chi connectivity index (χ3v) is 9.41. The number of aliphatic hydroxyl groups excluding tert-OH is 1. The second-order valence-electron chi connectivity index (χ2n) is 13.1. The number of esters is 1. The van der Waals surface area contributed by atoms with Gasteiger partial charge in [-0.2, -0.15) is 0 Å². The van der Waals surface area contributed by atoms with Gasteiger partial charge in [0.25, 0.3) is 5.79 Å². The van der Waals surface area contributed by atoms with Gasteiger partial charge in [0.1, 0.15) is 5.75 Å². The van der Waals surface area contributed by atoms with E-state index >= 15 is 0 Å². The maximum absolute atomic E-state index is 13.1. The van der Waals surface area contributed by atoms with Gasteiger partial charge < -0.3 is 33.5 Å². The lowest BCUT2D eigenvalue weighted by Gasteiger charge is -2.38. The van der Waals surface area contributed by atoms with Crippen molar-refractivity contribution in [1.82, 2.24) is 0 Å². The molecule has 5 atom stereocenters. The average Bonchev–Trinajstić information content (AvgIpc) is 3.45. The molecule has 8 heteroatoms. The molecule has 2 heterocycles. The number of ether oxygens (including phenoxy) is 6. The Morgan fingerprint density at radius 1 is 1.00 bits per heavy atom. The molecule has 47 heavy (non-hydrogen) atoms. The van der Waals surface area contributed by atoms with Crippen molar-refractivity contribution in [3.05, 3.63) is 59.9 Å². The maximum atomic E-state index is 13.1. The summed E-state index contributed by atoms with van der Waals surface area (Å²) in [6.07, 6.45) is 21.4. The van der Waals surface area contributed by atoms with Crippen LogP contribution in [0.15, 0.2) is 54.3 Å². The van der Waals surface area contributed by atoms with Gasteiger partial charge in [-0.25, -0.2) is 4.79 Å². The first-order valence-corrected chi connectivity index (χ1v) is 18.2. The Morgan fingerprint density at radius 3 is 2.45 bits per heavy atom. The van der Waals surface area contributed by atoms with Crippen molar-refractivity contribution in [3.63, 3.8) is 0 Å². The molecule has 1 aromatic rings. The number of benzene rings is 1. The topological polar surface area (TPSA) is 92.7 Å². The van der Waals surface area contributed by atoms with Gasteiger partial charge in [-0.1, -0.05) is 50.5 Å². The fourth-order valence-corrected chi connectivity index (χ4v) is 6.68. The quantitative estimate of drug-likeness (QED) is 0.0528. The van der Waals surface area contributed by atoms with Crippen molar-refractivity contribution in [3.8, 4) is 5.75 Å². The van der Waals surface area contributed by atoms with Crippen LogP contribution >= 0.6 is 0 Å². The summed E-state index contributed by atoms with van der Waals surface area (Å²) in [7, 11) is 1.34. The van der Waals surface area contributed by atoms with Crippen LogP contribution in [0.2, 0.25) is 0 Å². The molecule has 2 aliphatic heterocycles. The van der Waals surface area contributed by atoms with Crippen molar-refractivity contribution >= 4 is 5.97 Å². The maximum Gasteiger partial charge on any atom is 0.367 e. The van der Waals surface area contributed by atoms with E-state index in [0.29, 0.717) is 45.0 Å². The molecule has 0 bridgehead atoms. The minimum atomic E-state index is -1.68. The van der Waals surface area contributed by atoms with Crippen molar-refractivity contribution < 1.29 is 38.3 Å². The van der Waals surface area contributed by atoms with Crippen LogP contribution in [0.3, 0.4) is 0 Å². The van der Waals surface area contributed by atoms with Crippen LogP contribution in [0, 0.1) is 11.8 Å². The number of hydrogen-bond acceptors (Lipinski definition) is 8. The van der Waals surface area contributed by atoms with E-state index in [1.54, 1.807) is 6.08 Å². The van der Waals surface area contributed by atoms with Gasteiger partial charge in [-0.15, -0.1) is 5.73 Å². The summed E-state index contributed by atoms with van der Waals surface area (Å²) >= 11 is 0. The Labute approximate surface area is 282 Å². The first-order valence-electron chi connectivity index (χ1n) is 18.2. The van der Waals surface area contributed by atoms with Crippen LogP contribution in [0.25, 0.3) is 0 Å². The molecular weight excluding hydrogens is 596 g/mol. The number of allylic oxidation sites excluding steroid dienone is 1. The summed E-state index contributed by atoms with van der Waals surface area (Å²) in [5.74, 6) is -0.962. The van der Waals surface area contributed by atoms with E-state index in [1.165, 1.54) is 38.4 Å². The van der Waals surface area contributed by atoms with E-state index < -0.39 is 24.3 Å². The van der Waals surface area contributed by atoms with Gasteiger partial charge in [0.2, 0.25) is 0 Å². The van der Waals surface area contributed by atoms with Crippen LogP contribution < -0.4 is 4.74 Å². The highest BCUT2D eigenvalue weighted by molar-refractivity contribution is 5.78. The highest BCUT2D eigenvalue weighted by Gasteiger charge is 2.47. The molecule has 0 radical (unpaired) electrons. The first kappa shape index (κ1) is 37.4. The zero-order valence-electron chi connectivity index (χ0n) is 28.7. The Kier molecular flexibility index (Phi) is 16.5. The molecule has 2 saturated heterocycles. The number of methoxy groups -OCH3 is 1. The second kappa shape index (κ2) is 20.8. The molecule has 1 aromatic carbocycles. The van der Waals surface area contributed by atoms with Crippen molar-refractivity contribution in [2.45, 2.75) is 134 Å². The zero-order valence-corrected chi connectivity index (χ0v) is 28.7. The number of aliphatic hydroxyl groups is 1. The summed E-state index contributed by atoms with van der Waals surface area (Å²) in [6, 6.07) is 8.46. The molecule has 1 aliphatic carbocycles. The number of carbonyl (C=O) groups is 1. The van der Waals surface area contributed by atoms with Gasteiger partial charge >= 0.3 is 5.97 Å². The molecule has 1 saturated carbocycles. The SMILES string of the molecule is CCCCCCc1cccc(OCC/C=C/[C@H]2CC[C@H](O)[C@@H]2CC=C=CCC(OC2CCCCO2)(OC2CCCCO2)C(=O)OC)c1. The number of aryl methyl sites for hydroxylation is 1. The standard InChI is InChI=1S/C39H58O8/c1-3-4-5-7-17-31-18-16-20-33(30-31)43-27-13-9-19-32-24-25-35(40)34(32)21-8-6-12-26-39(38(41)42-2,46-36-22-10-14-28-44-36)47-37-23-11-15-29-45-37/h8-9,12,16,18-20,30,32,34-37,40H,3-5,7,10-11,13-15,17,21-29H2,1-2H3/b19-9+/t6?,32-,34+,35-,36?,37?,39?/m0/s1. The molecule has 4 rings (SSSR count). The largest absolute Gasteiger partial charge is 0.493 e. The minimum absolute atomic E-state index is 0.105. The molecule has 8 nitrogen and oxygen atoms in total. The van der Waals surface area contributed by atoms with Crippen LogP contribution in [-0.2, 0) is 34.9 Å². The Balaban J connectivity index is 1.29. The van der Waals surface area contributed by atoms with E-state index in [4.69, 9.17) is 28.4 Å². The van der Waals surface area contributed by atoms with Crippen LogP contribution in [-0.4, -0.2) is 62.5 Å².